The molecule has 116 valence electrons. The lowest BCUT2D eigenvalue weighted by molar-refractivity contribution is 0.112. The molecule has 2 heterocycles. The first-order valence-corrected chi connectivity index (χ1v) is 8.95. The van der Waals surface area contributed by atoms with E-state index in [2.05, 4.69) is 23.6 Å². The van der Waals surface area contributed by atoms with Gasteiger partial charge in [-0.15, -0.1) is 0 Å². The van der Waals surface area contributed by atoms with E-state index in [1.807, 2.05) is 0 Å². The van der Waals surface area contributed by atoms with Gasteiger partial charge in [0.15, 0.2) is 11.4 Å². The van der Waals surface area contributed by atoms with E-state index in [9.17, 15) is 4.79 Å². The third kappa shape index (κ3) is 3.14. The Kier molecular flexibility index (Phi) is 4.60. The number of carbonyl (C=O) groups excluding carboxylic acids is 1. The van der Waals surface area contributed by atoms with Gasteiger partial charge in [0.05, 0.1) is 10.6 Å². The Balaban J connectivity index is 1.65. The highest BCUT2D eigenvalue weighted by atomic mass is 32.1. The van der Waals surface area contributed by atoms with Crippen LogP contribution in [0.2, 0.25) is 0 Å². The lowest BCUT2D eigenvalue weighted by Gasteiger charge is -2.37. The highest BCUT2D eigenvalue weighted by molar-refractivity contribution is 7.17. The maximum absolute atomic E-state index is 11.2. The molecule has 0 bridgehead atoms. The van der Waals surface area contributed by atoms with E-state index in [0.29, 0.717) is 5.92 Å². The van der Waals surface area contributed by atoms with Gasteiger partial charge >= 0.3 is 0 Å². The number of rotatable bonds is 4. The van der Waals surface area contributed by atoms with Crippen LogP contribution in [0.3, 0.4) is 0 Å². The molecule has 2 aliphatic rings. The van der Waals surface area contributed by atoms with Crippen LogP contribution in [0.25, 0.3) is 0 Å². The van der Waals surface area contributed by atoms with E-state index in [1.54, 1.807) is 11.3 Å². The molecule has 1 saturated heterocycles. The number of piperazine rings is 1. The molecule has 0 atom stereocenters. The summed E-state index contributed by atoms with van der Waals surface area (Å²) in [6.45, 7) is 8.56. The van der Waals surface area contributed by atoms with Gasteiger partial charge < -0.3 is 4.90 Å². The molecule has 0 spiro atoms. The van der Waals surface area contributed by atoms with Crippen molar-refractivity contribution >= 4 is 22.8 Å². The molecule has 1 aromatic rings. The van der Waals surface area contributed by atoms with Crippen molar-refractivity contribution in [2.45, 2.75) is 51.5 Å². The molecule has 1 aromatic heterocycles. The Labute approximate surface area is 131 Å². The third-order valence-corrected chi connectivity index (χ3v) is 5.81. The quantitative estimate of drug-likeness (QED) is 0.801. The lowest BCUT2D eigenvalue weighted by Crippen LogP contribution is -2.49. The molecular formula is C16H25N3OS. The largest absolute Gasteiger partial charge is 0.346 e. The summed E-state index contributed by atoms with van der Waals surface area (Å²) in [5.41, 5.74) is 0.961. The average molecular weight is 307 g/mol. The minimum atomic E-state index is 0.315. The molecule has 2 fully saturated rings. The van der Waals surface area contributed by atoms with Crippen molar-refractivity contribution in [1.82, 2.24) is 9.88 Å². The first-order valence-electron chi connectivity index (χ1n) is 8.14. The molecule has 0 N–H and O–H groups in total. The smallest absolute Gasteiger partial charge is 0.186 e. The Morgan fingerprint density at radius 1 is 1.19 bits per heavy atom. The number of anilines is 1. The maximum Gasteiger partial charge on any atom is 0.186 e. The number of aromatic nitrogens is 1. The van der Waals surface area contributed by atoms with E-state index in [-0.39, 0.29) is 0 Å². The average Bonchev–Trinajstić information content (AvgIpc) is 3.17. The maximum atomic E-state index is 11.2. The molecule has 5 heteroatoms. The van der Waals surface area contributed by atoms with E-state index < -0.39 is 0 Å². The monoisotopic (exact) mass is 307 g/mol. The van der Waals surface area contributed by atoms with Crippen molar-refractivity contribution in [3.05, 3.63) is 10.6 Å². The van der Waals surface area contributed by atoms with Gasteiger partial charge in [-0.1, -0.05) is 38.0 Å². The lowest BCUT2D eigenvalue weighted by atomic mass is 10.1. The second-order valence-electron chi connectivity index (χ2n) is 6.48. The van der Waals surface area contributed by atoms with Crippen LogP contribution in [0, 0.1) is 0 Å². The normalized spacial score (nSPS) is 21.4. The van der Waals surface area contributed by atoms with E-state index in [1.165, 1.54) is 25.7 Å². The summed E-state index contributed by atoms with van der Waals surface area (Å²) in [5, 5.41) is 1.03. The van der Waals surface area contributed by atoms with Crippen LogP contribution < -0.4 is 4.90 Å². The van der Waals surface area contributed by atoms with Crippen molar-refractivity contribution in [1.29, 1.82) is 0 Å². The molecule has 0 aromatic carbocycles. The van der Waals surface area contributed by atoms with Crippen LogP contribution in [0.15, 0.2) is 0 Å². The Hall–Kier alpha value is -0.940. The summed E-state index contributed by atoms with van der Waals surface area (Å²) in [5.74, 6) is 0.315. The summed E-state index contributed by atoms with van der Waals surface area (Å²) < 4.78 is 0. The molecule has 3 rings (SSSR count). The topological polar surface area (TPSA) is 36.4 Å². The number of thiazole rings is 1. The fraction of sp³-hybridized carbons (Fsp3) is 0.750. The number of aldehydes is 1. The van der Waals surface area contributed by atoms with Crippen molar-refractivity contribution in [2.75, 3.05) is 31.1 Å². The molecule has 0 amide bonds. The number of carbonyl (C=O) groups is 1. The minimum absolute atomic E-state index is 0.315. The number of hydrogen-bond donors (Lipinski definition) is 0. The highest BCUT2D eigenvalue weighted by Gasteiger charge is 2.27. The van der Waals surface area contributed by atoms with Gasteiger partial charge in [0, 0.05) is 32.2 Å². The van der Waals surface area contributed by atoms with E-state index in [4.69, 9.17) is 4.98 Å². The van der Waals surface area contributed by atoms with Crippen molar-refractivity contribution in [2.24, 2.45) is 0 Å². The van der Waals surface area contributed by atoms with Crippen molar-refractivity contribution in [3.63, 3.8) is 0 Å². The van der Waals surface area contributed by atoms with Crippen LogP contribution in [-0.2, 0) is 0 Å². The van der Waals surface area contributed by atoms with E-state index >= 15 is 0 Å². The van der Waals surface area contributed by atoms with Crippen LogP contribution in [0.4, 0.5) is 5.13 Å². The zero-order valence-corrected chi connectivity index (χ0v) is 13.9. The van der Waals surface area contributed by atoms with Gasteiger partial charge in [0.25, 0.3) is 0 Å². The predicted octanol–water partition coefficient (Wildman–Crippen LogP) is 3.14. The number of hydrogen-bond acceptors (Lipinski definition) is 5. The highest BCUT2D eigenvalue weighted by Crippen LogP contribution is 2.31. The Bertz CT molecular complexity index is 486. The molecule has 1 saturated carbocycles. The summed E-state index contributed by atoms with van der Waals surface area (Å²) in [6, 6.07) is 0.820. The molecule has 1 aliphatic carbocycles. The zero-order chi connectivity index (χ0) is 14.8. The fourth-order valence-corrected chi connectivity index (χ4v) is 4.60. The second kappa shape index (κ2) is 6.44. The molecule has 1 aliphatic heterocycles. The van der Waals surface area contributed by atoms with Gasteiger partial charge in [-0.2, -0.15) is 0 Å². The Morgan fingerprint density at radius 3 is 2.38 bits per heavy atom. The molecule has 0 radical (unpaired) electrons. The second-order valence-corrected chi connectivity index (χ2v) is 7.49. The van der Waals surface area contributed by atoms with Crippen LogP contribution in [0.1, 0.15) is 60.8 Å². The van der Waals surface area contributed by atoms with Crippen LogP contribution in [-0.4, -0.2) is 48.4 Å². The number of nitrogens with zero attached hydrogens (tertiary/aromatic N) is 3. The van der Waals surface area contributed by atoms with Gasteiger partial charge in [-0.3, -0.25) is 9.69 Å². The molecular weight excluding hydrogens is 282 g/mol. The van der Waals surface area contributed by atoms with Gasteiger partial charge in [0.2, 0.25) is 0 Å². The summed E-state index contributed by atoms with van der Waals surface area (Å²) in [6.07, 6.45) is 6.52. The fourth-order valence-electron chi connectivity index (χ4n) is 3.51. The summed E-state index contributed by atoms with van der Waals surface area (Å²) in [4.78, 5) is 21.7. The van der Waals surface area contributed by atoms with Crippen LogP contribution in [0.5, 0.6) is 0 Å². The third-order valence-electron chi connectivity index (χ3n) is 4.75. The minimum Gasteiger partial charge on any atom is -0.346 e. The first-order chi connectivity index (χ1) is 10.2. The predicted molar refractivity (Wildman–Crippen MR) is 87.6 cm³/mol. The van der Waals surface area contributed by atoms with Crippen LogP contribution >= 0.6 is 11.3 Å². The molecule has 0 unspecified atom stereocenters. The summed E-state index contributed by atoms with van der Waals surface area (Å²) >= 11 is 1.56. The van der Waals surface area contributed by atoms with Gasteiger partial charge in [-0.05, 0) is 18.8 Å². The zero-order valence-electron chi connectivity index (χ0n) is 13.0. The van der Waals surface area contributed by atoms with Gasteiger partial charge in [-0.25, -0.2) is 4.98 Å². The first kappa shape index (κ1) is 15.0. The van der Waals surface area contributed by atoms with E-state index in [0.717, 1.165) is 54.2 Å². The summed E-state index contributed by atoms with van der Waals surface area (Å²) in [7, 11) is 0. The van der Waals surface area contributed by atoms with Crippen molar-refractivity contribution < 1.29 is 4.79 Å². The molecule has 21 heavy (non-hydrogen) atoms. The standard InChI is InChI=1S/C16H25N3OS/c1-12(2)15-14(11-20)21-16(17-15)19-9-7-18(8-10-19)13-5-3-4-6-13/h11-13H,3-10H2,1-2H3. The Morgan fingerprint density at radius 2 is 1.86 bits per heavy atom. The molecule has 4 nitrogen and oxygen atoms in total. The SMILES string of the molecule is CC(C)c1nc(N2CCN(C3CCCC3)CC2)sc1C=O. The van der Waals surface area contributed by atoms with Crippen molar-refractivity contribution in [3.8, 4) is 0 Å². The van der Waals surface area contributed by atoms with Gasteiger partial charge in [0.1, 0.15) is 0 Å².